The van der Waals surface area contributed by atoms with E-state index in [2.05, 4.69) is 54.4 Å². The molecule has 2 fully saturated rings. The van der Waals surface area contributed by atoms with Crippen molar-refractivity contribution in [2.75, 3.05) is 14.2 Å². The molecule has 2 aromatic rings. The number of hydrogen-bond acceptors (Lipinski definition) is 3. The van der Waals surface area contributed by atoms with Gasteiger partial charge >= 0.3 is 5.97 Å². The van der Waals surface area contributed by atoms with E-state index in [1.165, 1.54) is 29.9 Å². The SMILES string of the molecule is COC(=O)[C@H]1[C@@H](c2ccc3ccccc3c2)CC2CC[C@H]1N2C. The van der Waals surface area contributed by atoms with Gasteiger partial charge < -0.3 is 4.74 Å². The molecular formula is C20H23NO2. The van der Waals surface area contributed by atoms with E-state index in [0.29, 0.717) is 12.1 Å². The molecule has 0 saturated carbocycles. The summed E-state index contributed by atoms with van der Waals surface area (Å²) >= 11 is 0. The zero-order valence-corrected chi connectivity index (χ0v) is 13.7. The lowest BCUT2D eigenvalue weighted by molar-refractivity contribution is -0.150. The van der Waals surface area contributed by atoms with E-state index in [-0.39, 0.29) is 17.8 Å². The molecule has 0 aliphatic carbocycles. The third-order valence-electron chi connectivity index (χ3n) is 5.94. The van der Waals surface area contributed by atoms with Gasteiger partial charge in [0.05, 0.1) is 13.0 Å². The van der Waals surface area contributed by atoms with Gasteiger partial charge in [0, 0.05) is 18.0 Å². The average molecular weight is 309 g/mol. The molecule has 3 heteroatoms. The minimum Gasteiger partial charge on any atom is -0.469 e. The molecule has 1 unspecified atom stereocenters. The van der Waals surface area contributed by atoms with Crippen LogP contribution in [0, 0.1) is 5.92 Å². The lowest BCUT2D eigenvalue weighted by atomic mass is 9.76. The number of rotatable bonds is 2. The van der Waals surface area contributed by atoms with Gasteiger partial charge in [-0.1, -0.05) is 42.5 Å². The summed E-state index contributed by atoms with van der Waals surface area (Å²) in [6.07, 6.45) is 3.34. The van der Waals surface area contributed by atoms with E-state index in [1.807, 2.05) is 0 Å². The number of fused-ring (bicyclic) bond motifs is 3. The van der Waals surface area contributed by atoms with Crippen LogP contribution in [0.2, 0.25) is 0 Å². The van der Waals surface area contributed by atoms with E-state index >= 15 is 0 Å². The standard InChI is InChI=1S/C20H23NO2/c1-21-16-9-10-18(21)19(20(22)23-2)17(12-16)15-8-7-13-5-3-4-6-14(13)11-15/h3-8,11,16-19H,9-10,12H2,1-2H3/t16?,17-,18-,19+/m1/s1. The van der Waals surface area contributed by atoms with Crippen LogP contribution in [0.25, 0.3) is 10.8 Å². The number of benzene rings is 2. The Bertz CT molecular complexity index is 741. The summed E-state index contributed by atoms with van der Waals surface area (Å²) in [6.45, 7) is 0. The maximum atomic E-state index is 12.5. The van der Waals surface area contributed by atoms with Gasteiger partial charge in [0.1, 0.15) is 0 Å². The first-order chi connectivity index (χ1) is 11.2. The molecule has 2 heterocycles. The number of carbonyl (C=O) groups excluding carboxylic acids is 1. The van der Waals surface area contributed by atoms with Crippen LogP contribution in [0.5, 0.6) is 0 Å². The quantitative estimate of drug-likeness (QED) is 0.794. The molecule has 2 aromatic carbocycles. The first kappa shape index (κ1) is 14.7. The number of esters is 1. The van der Waals surface area contributed by atoms with Crippen LogP contribution in [-0.2, 0) is 9.53 Å². The monoisotopic (exact) mass is 309 g/mol. The highest BCUT2D eigenvalue weighted by Crippen LogP contribution is 2.46. The first-order valence-electron chi connectivity index (χ1n) is 8.47. The molecule has 4 atom stereocenters. The van der Waals surface area contributed by atoms with Crippen LogP contribution >= 0.6 is 0 Å². The second-order valence-corrected chi connectivity index (χ2v) is 6.96. The van der Waals surface area contributed by atoms with E-state index in [1.54, 1.807) is 0 Å². The fourth-order valence-corrected chi connectivity index (χ4v) is 4.71. The second-order valence-electron chi connectivity index (χ2n) is 6.96. The molecule has 0 aromatic heterocycles. The summed E-state index contributed by atoms with van der Waals surface area (Å²) in [4.78, 5) is 14.9. The van der Waals surface area contributed by atoms with Crippen molar-refractivity contribution in [1.29, 1.82) is 0 Å². The fourth-order valence-electron chi connectivity index (χ4n) is 4.71. The Labute approximate surface area is 137 Å². The van der Waals surface area contributed by atoms with Crippen molar-refractivity contribution >= 4 is 16.7 Å². The first-order valence-corrected chi connectivity index (χ1v) is 8.47. The number of nitrogens with zero attached hydrogens (tertiary/aromatic N) is 1. The van der Waals surface area contributed by atoms with Crippen LogP contribution in [0.4, 0.5) is 0 Å². The van der Waals surface area contributed by atoms with Crippen molar-refractivity contribution < 1.29 is 9.53 Å². The highest BCUT2D eigenvalue weighted by atomic mass is 16.5. The van der Waals surface area contributed by atoms with Crippen molar-refractivity contribution in [3.05, 3.63) is 48.0 Å². The summed E-state index contributed by atoms with van der Waals surface area (Å²) < 4.78 is 5.16. The van der Waals surface area contributed by atoms with Crippen molar-refractivity contribution in [2.24, 2.45) is 5.92 Å². The molecule has 0 radical (unpaired) electrons. The van der Waals surface area contributed by atoms with Crippen molar-refractivity contribution in [1.82, 2.24) is 4.90 Å². The molecule has 0 N–H and O–H groups in total. The Balaban J connectivity index is 1.76. The summed E-state index contributed by atoms with van der Waals surface area (Å²) in [5, 5.41) is 2.50. The molecular weight excluding hydrogens is 286 g/mol. The molecule has 2 aliphatic rings. The van der Waals surface area contributed by atoms with Gasteiger partial charge in [-0.25, -0.2) is 0 Å². The fraction of sp³-hybridized carbons (Fsp3) is 0.450. The van der Waals surface area contributed by atoms with Gasteiger partial charge in [-0.2, -0.15) is 0 Å². The van der Waals surface area contributed by atoms with Gasteiger partial charge in [-0.15, -0.1) is 0 Å². The molecule has 0 amide bonds. The number of ether oxygens (including phenoxy) is 1. The lowest BCUT2D eigenvalue weighted by Crippen LogP contribution is -2.49. The van der Waals surface area contributed by atoms with Gasteiger partial charge in [0.25, 0.3) is 0 Å². The number of hydrogen-bond donors (Lipinski definition) is 0. The third kappa shape index (κ3) is 2.34. The maximum Gasteiger partial charge on any atom is 0.310 e. The number of piperidine rings is 1. The average Bonchev–Trinajstić information content (AvgIpc) is 2.83. The Morgan fingerprint density at radius 3 is 2.70 bits per heavy atom. The van der Waals surface area contributed by atoms with Crippen LogP contribution in [0.1, 0.15) is 30.7 Å². The maximum absolute atomic E-state index is 12.5. The Morgan fingerprint density at radius 2 is 1.91 bits per heavy atom. The number of methoxy groups -OCH3 is 1. The summed E-state index contributed by atoms with van der Waals surface area (Å²) in [6, 6.07) is 16.0. The zero-order valence-electron chi connectivity index (χ0n) is 13.7. The van der Waals surface area contributed by atoms with Crippen LogP contribution < -0.4 is 0 Å². The molecule has 23 heavy (non-hydrogen) atoms. The van der Waals surface area contributed by atoms with Gasteiger partial charge in [0.15, 0.2) is 0 Å². The van der Waals surface area contributed by atoms with Crippen molar-refractivity contribution in [3.8, 4) is 0 Å². The van der Waals surface area contributed by atoms with E-state index < -0.39 is 0 Å². The minimum atomic E-state index is -0.0552. The largest absolute Gasteiger partial charge is 0.469 e. The predicted molar refractivity (Wildman–Crippen MR) is 91.4 cm³/mol. The predicted octanol–water partition coefficient (Wildman–Crippen LogP) is 3.58. The smallest absolute Gasteiger partial charge is 0.310 e. The Morgan fingerprint density at radius 1 is 1.13 bits per heavy atom. The third-order valence-corrected chi connectivity index (χ3v) is 5.94. The highest BCUT2D eigenvalue weighted by Gasteiger charge is 2.49. The molecule has 0 spiro atoms. The van der Waals surface area contributed by atoms with Crippen LogP contribution in [0.3, 0.4) is 0 Å². The van der Waals surface area contributed by atoms with Crippen LogP contribution in [-0.4, -0.2) is 37.1 Å². The second kappa shape index (κ2) is 5.64. The molecule has 4 rings (SSSR count). The van der Waals surface area contributed by atoms with Crippen molar-refractivity contribution in [3.63, 3.8) is 0 Å². The van der Waals surface area contributed by atoms with E-state index in [4.69, 9.17) is 4.74 Å². The van der Waals surface area contributed by atoms with E-state index in [9.17, 15) is 4.79 Å². The molecule has 2 bridgehead atoms. The Kier molecular flexibility index (Phi) is 3.61. The summed E-state index contributed by atoms with van der Waals surface area (Å²) in [5.41, 5.74) is 1.28. The highest BCUT2D eigenvalue weighted by molar-refractivity contribution is 5.83. The molecule has 2 saturated heterocycles. The van der Waals surface area contributed by atoms with Crippen molar-refractivity contribution in [2.45, 2.75) is 37.3 Å². The minimum absolute atomic E-state index is 0.0510. The number of carbonyl (C=O) groups is 1. The van der Waals surface area contributed by atoms with Gasteiger partial charge in [-0.05, 0) is 42.6 Å². The summed E-state index contributed by atoms with van der Waals surface area (Å²) in [7, 11) is 3.68. The normalized spacial score (nSPS) is 30.5. The Hall–Kier alpha value is -1.87. The zero-order chi connectivity index (χ0) is 16.0. The van der Waals surface area contributed by atoms with Crippen LogP contribution in [0.15, 0.2) is 42.5 Å². The van der Waals surface area contributed by atoms with E-state index in [0.717, 1.165) is 12.8 Å². The molecule has 120 valence electrons. The molecule has 2 aliphatic heterocycles. The molecule has 3 nitrogen and oxygen atoms in total. The lowest BCUT2D eigenvalue weighted by Gasteiger charge is -2.41. The van der Waals surface area contributed by atoms with Gasteiger partial charge in [0.2, 0.25) is 0 Å². The topological polar surface area (TPSA) is 29.5 Å². The summed E-state index contributed by atoms with van der Waals surface area (Å²) in [5.74, 6) is 0.158. The van der Waals surface area contributed by atoms with Gasteiger partial charge in [-0.3, -0.25) is 9.69 Å².